The summed E-state index contributed by atoms with van der Waals surface area (Å²) in [4.78, 5) is 23.8. The average molecular weight is 339 g/mol. The SMILES string of the molecule is Cc1ccc(CN(C)C(=O)COc2ccc(Cl)cc2[N+](=O)[O-])o1. The average Bonchev–Trinajstić information content (AvgIpc) is 2.90. The summed E-state index contributed by atoms with van der Waals surface area (Å²) in [6.45, 7) is 1.78. The fourth-order valence-corrected chi connectivity index (χ4v) is 2.06. The molecule has 7 nitrogen and oxygen atoms in total. The number of carbonyl (C=O) groups excluding carboxylic acids is 1. The molecule has 1 heterocycles. The Morgan fingerprint density at radius 3 is 2.74 bits per heavy atom. The van der Waals surface area contributed by atoms with E-state index in [1.807, 2.05) is 6.92 Å². The lowest BCUT2D eigenvalue weighted by Gasteiger charge is -2.16. The van der Waals surface area contributed by atoms with Gasteiger partial charge in [0.15, 0.2) is 12.4 Å². The Morgan fingerprint density at radius 1 is 1.39 bits per heavy atom. The fourth-order valence-electron chi connectivity index (χ4n) is 1.90. The summed E-state index contributed by atoms with van der Waals surface area (Å²) in [7, 11) is 1.60. The minimum absolute atomic E-state index is 0.00464. The number of carbonyl (C=O) groups is 1. The summed E-state index contributed by atoms with van der Waals surface area (Å²) in [5.74, 6) is 1.07. The van der Waals surface area contributed by atoms with E-state index in [9.17, 15) is 14.9 Å². The van der Waals surface area contributed by atoms with Crippen molar-refractivity contribution >= 4 is 23.2 Å². The number of rotatable bonds is 6. The second-order valence-corrected chi connectivity index (χ2v) is 5.36. The summed E-state index contributed by atoms with van der Waals surface area (Å²) in [5.41, 5.74) is -0.283. The van der Waals surface area contributed by atoms with E-state index < -0.39 is 4.92 Å². The van der Waals surface area contributed by atoms with E-state index in [-0.39, 0.29) is 29.0 Å². The maximum absolute atomic E-state index is 12.0. The standard InChI is InChI=1S/C15H15ClN2O5/c1-10-3-5-12(23-10)8-17(2)15(19)9-22-14-6-4-11(16)7-13(14)18(20)21/h3-7H,8-9H2,1-2H3. The van der Waals surface area contributed by atoms with E-state index >= 15 is 0 Å². The molecule has 0 unspecified atom stereocenters. The van der Waals surface area contributed by atoms with Crippen LogP contribution < -0.4 is 4.74 Å². The predicted molar refractivity (Wildman–Crippen MR) is 83.5 cm³/mol. The third kappa shape index (κ3) is 4.46. The number of furan rings is 1. The topological polar surface area (TPSA) is 85.8 Å². The van der Waals surface area contributed by atoms with E-state index in [0.29, 0.717) is 12.3 Å². The van der Waals surface area contributed by atoms with Crippen molar-refractivity contribution in [1.29, 1.82) is 0 Å². The van der Waals surface area contributed by atoms with E-state index in [4.69, 9.17) is 20.8 Å². The highest BCUT2D eigenvalue weighted by molar-refractivity contribution is 6.30. The number of benzene rings is 1. The molecule has 8 heteroatoms. The summed E-state index contributed by atoms with van der Waals surface area (Å²) in [6, 6.07) is 7.59. The molecule has 122 valence electrons. The van der Waals surface area contributed by atoms with Crippen molar-refractivity contribution in [2.75, 3.05) is 13.7 Å². The predicted octanol–water partition coefficient (Wildman–Crippen LogP) is 3.19. The van der Waals surface area contributed by atoms with Crippen LogP contribution in [0.3, 0.4) is 0 Å². The van der Waals surface area contributed by atoms with Gasteiger partial charge in [0.2, 0.25) is 0 Å². The van der Waals surface area contributed by atoms with E-state index in [2.05, 4.69) is 0 Å². The highest BCUT2D eigenvalue weighted by atomic mass is 35.5. The Hall–Kier alpha value is -2.54. The van der Waals surface area contributed by atoms with E-state index in [1.165, 1.54) is 23.1 Å². The van der Waals surface area contributed by atoms with Crippen molar-refractivity contribution in [2.45, 2.75) is 13.5 Å². The molecule has 0 saturated carbocycles. The molecule has 0 saturated heterocycles. The lowest BCUT2D eigenvalue weighted by atomic mass is 10.3. The van der Waals surface area contributed by atoms with Crippen molar-refractivity contribution < 1.29 is 18.9 Å². The lowest BCUT2D eigenvalue weighted by molar-refractivity contribution is -0.385. The van der Waals surface area contributed by atoms with Crippen LogP contribution in [0, 0.1) is 17.0 Å². The molecule has 0 spiro atoms. The smallest absolute Gasteiger partial charge is 0.312 e. The summed E-state index contributed by atoms with van der Waals surface area (Å²) >= 11 is 5.72. The number of nitro benzene ring substituents is 1. The molecule has 2 rings (SSSR count). The van der Waals surface area contributed by atoms with Crippen molar-refractivity contribution in [2.24, 2.45) is 0 Å². The molecule has 2 aromatic rings. The number of hydrogen-bond acceptors (Lipinski definition) is 5. The number of halogens is 1. The van der Waals surface area contributed by atoms with Crippen LogP contribution in [0.5, 0.6) is 5.75 Å². The zero-order valence-corrected chi connectivity index (χ0v) is 13.4. The highest BCUT2D eigenvalue weighted by Crippen LogP contribution is 2.29. The van der Waals surface area contributed by atoms with Gasteiger partial charge in [-0.3, -0.25) is 14.9 Å². The number of amides is 1. The Labute approximate surface area is 137 Å². The van der Waals surface area contributed by atoms with E-state index in [0.717, 1.165) is 5.76 Å². The molecule has 1 amide bonds. The molecule has 0 radical (unpaired) electrons. The Morgan fingerprint density at radius 2 is 2.13 bits per heavy atom. The molecule has 0 fully saturated rings. The van der Waals surface area contributed by atoms with Crippen molar-refractivity contribution in [3.8, 4) is 5.75 Å². The van der Waals surface area contributed by atoms with Crippen molar-refractivity contribution in [1.82, 2.24) is 4.90 Å². The van der Waals surface area contributed by atoms with Gasteiger partial charge in [0, 0.05) is 18.1 Å². The maximum atomic E-state index is 12.0. The fraction of sp³-hybridized carbons (Fsp3) is 0.267. The van der Waals surface area contributed by atoms with Crippen molar-refractivity contribution in [3.63, 3.8) is 0 Å². The van der Waals surface area contributed by atoms with Gasteiger partial charge in [0.25, 0.3) is 5.91 Å². The van der Waals surface area contributed by atoms with Gasteiger partial charge >= 0.3 is 5.69 Å². The van der Waals surface area contributed by atoms with Gasteiger partial charge in [0.1, 0.15) is 11.5 Å². The number of aryl methyl sites for hydroxylation is 1. The van der Waals surface area contributed by atoms with Crippen LogP contribution in [-0.4, -0.2) is 29.4 Å². The molecule has 0 atom stereocenters. The Kier molecular flexibility index (Phi) is 5.23. The number of nitrogens with zero attached hydrogens (tertiary/aromatic N) is 2. The molecular weight excluding hydrogens is 324 g/mol. The second kappa shape index (κ2) is 7.15. The maximum Gasteiger partial charge on any atom is 0.312 e. The van der Waals surface area contributed by atoms with Crippen LogP contribution in [0.15, 0.2) is 34.7 Å². The Bertz CT molecular complexity index is 728. The largest absolute Gasteiger partial charge is 0.477 e. The second-order valence-electron chi connectivity index (χ2n) is 4.92. The third-order valence-corrected chi connectivity index (χ3v) is 3.32. The van der Waals surface area contributed by atoms with Crippen molar-refractivity contribution in [3.05, 3.63) is 57.0 Å². The number of likely N-dealkylation sites (N-methyl/N-ethyl adjacent to an activating group) is 1. The monoisotopic (exact) mass is 338 g/mol. The van der Waals surface area contributed by atoms with Crippen LogP contribution in [-0.2, 0) is 11.3 Å². The third-order valence-electron chi connectivity index (χ3n) is 3.08. The number of ether oxygens (including phenoxy) is 1. The van der Waals surface area contributed by atoms with Crippen LogP contribution in [0.25, 0.3) is 0 Å². The minimum Gasteiger partial charge on any atom is -0.477 e. The summed E-state index contributed by atoms with van der Waals surface area (Å²) < 4.78 is 10.6. The number of hydrogen-bond donors (Lipinski definition) is 0. The first-order chi connectivity index (χ1) is 10.9. The molecule has 1 aromatic carbocycles. The van der Waals surface area contributed by atoms with Gasteiger partial charge in [-0.1, -0.05) is 11.6 Å². The van der Waals surface area contributed by atoms with Crippen LogP contribution >= 0.6 is 11.6 Å². The van der Waals surface area contributed by atoms with Crippen LogP contribution in [0.2, 0.25) is 5.02 Å². The van der Waals surface area contributed by atoms with Gasteiger partial charge in [-0.25, -0.2) is 0 Å². The number of nitro groups is 1. The quantitative estimate of drug-likeness (QED) is 0.596. The van der Waals surface area contributed by atoms with Crippen LogP contribution in [0.4, 0.5) is 5.69 Å². The zero-order valence-electron chi connectivity index (χ0n) is 12.6. The Balaban J connectivity index is 1.97. The molecule has 23 heavy (non-hydrogen) atoms. The molecule has 0 N–H and O–H groups in total. The first-order valence-electron chi connectivity index (χ1n) is 6.73. The van der Waals surface area contributed by atoms with Gasteiger partial charge in [-0.15, -0.1) is 0 Å². The first-order valence-corrected chi connectivity index (χ1v) is 7.10. The molecule has 0 bridgehead atoms. The summed E-state index contributed by atoms with van der Waals surface area (Å²) in [6.07, 6.45) is 0. The van der Waals surface area contributed by atoms with Crippen LogP contribution in [0.1, 0.15) is 11.5 Å². The molecular formula is C15H15ClN2O5. The normalized spacial score (nSPS) is 10.4. The van der Waals surface area contributed by atoms with Gasteiger partial charge < -0.3 is 14.1 Å². The van der Waals surface area contributed by atoms with Gasteiger partial charge in [0.05, 0.1) is 11.5 Å². The molecule has 0 aliphatic carbocycles. The molecule has 0 aliphatic heterocycles. The zero-order chi connectivity index (χ0) is 17.0. The highest BCUT2D eigenvalue weighted by Gasteiger charge is 2.18. The first kappa shape index (κ1) is 16.8. The summed E-state index contributed by atoms with van der Waals surface area (Å²) in [5, 5.41) is 11.2. The van der Waals surface area contributed by atoms with E-state index in [1.54, 1.807) is 19.2 Å². The lowest BCUT2D eigenvalue weighted by Crippen LogP contribution is -2.30. The minimum atomic E-state index is -0.610. The van der Waals surface area contributed by atoms with Gasteiger partial charge in [-0.2, -0.15) is 0 Å². The van der Waals surface area contributed by atoms with Gasteiger partial charge in [-0.05, 0) is 31.2 Å². The molecule has 1 aromatic heterocycles. The molecule has 0 aliphatic rings.